The molecule has 0 aliphatic heterocycles. The number of hydrogen-bond donors (Lipinski definition) is 3. The minimum atomic E-state index is -3.89. The van der Waals surface area contributed by atoms with Crippen molar-refractivity contribution in [1.82, 2.24) is 4.72 Å². The highest BCUT2D eigenvalue weighted by molar-refractivity contribution is 7.89. The van der Waals surface area contributed by atoms with Crippen molar-refractivity contribution in [2.45, 2.75) is 24.8 Å². The molecule has 1 atom stereocenters. The summed E-state index contributed by atoms with van der Waals surface area (Å²) in [4.78, 5) is 34.9. The van der Waals surface area contributed by atoms with Crippen molar-refractivity contribution in [3.05, 3.63) is 54.6 Å². The van der Waals surface area contributed by atoms with E-state index in [0.29, 0.717) is 11.4 Å². The van der Waals surface area contributed by atoms with Gasteiger partial charge in [0, 0.05) is 18.3 Å². The molecule has 29 heavy (non-hydrogen) atoms. The molecule has 0 bridgehead atoms. The predicted molar refractivity (Wildman–Crippen MR) is 107 cm³/mol. The molecule has 0 fully saturated rings. The van der Waals surface area contributed by atoms with Crippen molar-refractivity contribution < 1.29 is 27.5 Å². The molecule has 0 saturated carbocycles. The van der Waals surface area contributed by atoms with Gasteiger partial charge in [-0.3, -0.25) is 14.4 Å². The van der Waals surface area contributed by atoms with Crippen LogP contribution in [0.25, 0.3) is 0 Å². The number of ether oxygens (including phenoxy) is 1. The number of rotatable bonds is 8. The summed E-state index contributed by atoms with van der Waals surface area (Å²) < 4.78 is 31.5. The lowest BCUT2D eigenvalue weighted by atomic mass is 10.2. The molecule has 2 aromatic rings. The molecule has 2 amide bonds. The van der Waals surface area contributed by atoms with Crippen molar-refractivity contribution in [3.63, 3.8) is 0 Å². The third kappa shape index (κ3) is 7.01. The van der Waals surface area contributed by atoms with Gasteiger partial charge in [0.1, 0.15) is 6.04 Å². The van der Waals surface area contributed by atoms with Crippen LogP contribution in [0.3, 0.4) is 0 Å². The predicted octanol–water partition coefficient (Wildman–Crippen LogP) is 1.49. The average molecular weight is 419 g/mol. The number of esters is 1. The van der Waals surface area contributed by atoms with Gasteiger partial charge in [-0.15, -0.1) is 0 Å². The largest absolute Gasteiger partial charge is 0.454 e. The first-order valence-electron chi connectivity index (χ1n) is 8.59. The maximum Gasteiger partial charge on any atom is 0.324 e. The molecule has 1 unspecified atom stereocenters. The van der Waals surface area contributed by atoms with Crippen LogP contribution < -0.4 is 15.4 Å². The summed E-state index contributed by atoms with van der Waals surface area (Å²) in [6, 6.07) is 12.7. The van der Waals surface area contributed by atoms with Crippen LogP contribution in [0.15, 0.2) is 59.5 Å². The van der Waals surface area contributed by atoms with Crippen LogP contribution in [-0.4, -0.2) is 38.9 Å². The summed E-state index contributed by atoms with van der Waals surface area (Å²) >= 11 is 0. The van der Waals surface area contributed by atoms with Crippen molar-refractivity contribution in [2.75, 3.05) is 17.2 Å². The summed E-state index contributed by atoms with van der Waals surface area (Å²) in [5.41, 5.74) is 1.01. The van der Waals surface area contributed by atoms with E-state index in [1.807, 2.05) is 0 Å². The molecule has 9 nitrogen and oxygen atoms in total. The van der Waals surface area contributed by atoms with Gasteiger partial charge in [0.25, 0.3) is 5.91 Å². The molecule has 154 valence electrons. The summed E-state index contributed by atoms with van der Waals surface area (Å²) in [6.45, 7) is 2.12. The van der Waals surface area contributed by atoms with E-state index >= 15 is 0 Å². The van der Waals surface area contributed by atoms with Gasteiger partial charge in [-0.1, -0.05) is 18.2 Å². The number of amides is 2. The van der Waals surface area contributed by atoms with Crippen LogP contribution in [0, 0.1) is 0 Å². The summed E-state index contributed by atoms with van der Waals surface area (Å²) in [7, 11) is -3.89. The van der Waals surface area contributed by atoms with Gasteiger partial charge < -0.3 is 15.4 Å². The van der Waals surface area contributed by atoms with E-state index in [1.165, 1.54) is 26.0 Å². The second-order valence-electron chi connectivity index (χ2n) is 6.07. The van der Waals surface area contributed by atoms with Crippen LogP contribution >= 0.6 is 0 Å². The fourth-order valence-electron chi connectivity index (χ4n) is 2.25. The smallest absolute Gasteiger partial charge is 0.324 e. The standard InChI is InChI=1S/C19H21N3O6S/c1-13(22-29(26,27)17-6-4-3-5-7-17)19(25)28-12-18(24)21-16-10-8-15(9-11-16)20-14(2)23/h3-11,13,22H,12H2,1-2H3,(H,20,23)(H,21,24). The zero-order valence-electron chi connectivity index (χ0n) is 15.8. The number of nitrogens with one attached hydrogen (secondary N) is 3. The normalized spacial score (nSPS) is 11.9. The van der Waals surface area contributed by atoms with Crippen molar-refractivity contribution in [1.29, 1.82) is 0 Å². The lowest BCUT2D eigenvalue weighted by Crippen LogP contribution is -2.40. The highest BCUT2D eigenvalue weighted by Crippen LogP contribution is 2.13. The molecule has 0 heterocycles. The molecule has 10 heteroatoms. The fraction of sp³-hybridized carbons (Fsp3) is 0.211. The molecule has 0 radical (unpaired) electrons. The quantitative estimate of drug-likeness (QED) is 0.556. The van der Waals surface area contributed by atoms with Crippen LogP contribution in [0.2, 0.25) is 0 Å². The molecule has 0 aromatic heterocycles. The van der Waals surface area contributed by atoms with Crippen molar-refractivity contribution in [2.24, 2.45) is 0 Å². The zero-order chi connectivity index (χ0) is 21.4. The Hall–Kier alpha value is -3.24. The van der Waals surface area contributed by atoms with E-state index in [0.717, 1.165) is 0 Å². The van der Waals surface area contributed by atoms with Gasteiger partial charge >= 0.3 is 5.97 Å². The van der Waals surface area contributed by atoms with Gasteiger partial charge in [0.15, 0.2) is 6.61 Å². The first-order valence-corrected chi connectivity index (χ1v) is 10.1. The number of anilines is 2. The Morgan fingerprint density at radius 2 is 1.48 bits per heavy atom. The minimum absolute atomic E-state index is 0.0140. The van der Waals surface area contributed by atoms with E-state index in [9.17, 15) is 22.8 Å². The molecule has 0 aliphatic carbocycles. The summed E-state index contributed by atoms with van der Waals surface area (Å²) in [5.74, 6) is -1.70. The number of carbonyl (C=O) groups excluding carboxylic acids is 3. The Morgan fingerprint density at radius 3 is 2.03 bits per heavy atom. The van der Waals surface area contributed by atoms with E-state index in [1.54, 1.807) is 42.5 Å². The second kappa shape index (κ2) is 9.80. The van der Waals surface area contributed by atoms with Crippen LogP contribution in [0.5, 0.6) is 0 Å². The van der Waals surface area contributed by atoms with Gasteiger partial charge in [-0.25, -0.2) is 8.42 Å². The molecule has 3 N–H and O–H groups in total. The number of sulfonamides is 1. The SMILES string of the molecule is CC(=O)Nc1ccc(NC(=O)COC(=O)C(C)NS(=O)(=O)c2ccccc2)cc1. The van der Waals surface area contributed by atoms with Gasteiger partial charge in [0.2, 0.25) is 15.9 Å². The molecule has 2 aromatic carbocycles. The van der Waals surface area contributed by atoms with E-state index in [4.69, 9.17) is 4.74 Å². The van der Waals surface area contributed by atoms with Crippen LogP contribution in [-0.2, 0) is 29.1 Å². The minimum Gasteiger partial charge on any atom is -0.454 e. The number of benzene rings is 2. The van der Waals surface area contributed by atoms with Gasteiger partial charge in [-0.05, 0) is 43.3 Å². The van der Waals surface area contributed by atoms with E-state index < -0.39 is 34.5 Å². The van der Waals surface area contributed by atoms with Crippen molar-refractivity contribution in [3.8, 4) is 0 Å². The Kier molecular flexibility index (Phi) is 7.46. The summed E-state index contributed by atoms with van der Waals surface area (Å²) in [6.07, 6.45) is 0. The van der Waals surface area contributed by atoms with E-state index in [-0.39, 0.29) is 10.8 Å². The van der Waals surface area contributed by atoms with Crippen LogP contribution in [0.4, 0.5) is 11.4 Å². The topological polar surface area (TPSA) is 131 Å². The number of hydrogen-bond acceptors (Lipinski definition) is 6. The first kappa shape index (κ1) is 22.1. The highest BCUT2D eigenvalue weighted by Gasteiger charge is 2.23. The number of carbonyl (C=O) groups is 3. The Morgan fingerprint density at radius 1 is 0.931 bits per heavy atom. The second-order valence-corrected chi connectivity index (χ2v) is 7.78. The maximum absolute atomic E-state index is 12.2. The highest BCUT2D eigenvalue weighted by atomic mass is 32.2. The molecule has 2 rings (SSSR count). The Labute approximate surface area is 168 Å². The van der Waals surface area contributed by atoms with Gasteiger partial charge in [0.05, 0.1) is 4.90 Å². The van der Waals surface area contributed by atoms with Crippen molar-refractivity contribution >= 4 is 39.2 Å². The fourth-order valence-corrected chi connectivity index (χ4v) is 3.46. The molecule has 0 spiro atoms. The third-order valence-corrected chi connectivity index (χ3v) is 5.13. The zero-order valence-corrected chi connectivity index (χ0v) is 16.7. The Bertz CT molecular complexity index is 975. The lowest BCUT2D eigenvalue weighted by molar-refractivity contribution is -0.148. The maximum atomic E-state index is 12.2. The Balaban J connectivity index is 1.83. The van der Waals surface area contributed by atoms with Crippen LogP contribution in [0.1, 0.15) is 13.8 Å². The lowest BCUT2D eigenvalue weighted by Gasteiger charge is -2.14. The third-order valence-electron chi connectivity index (χ3n) is 3.57. The molecule has 0 aliphatic rings. The molecule has 0 saturated heterocycles. The first-order chi connectivity index (χ1) is 13.7. The van der Waals surface area contributed by atoms with E-state index in [2.05, 4.69) is 15.4 Å². The summed E-state index contributed by atoms with van der Waals surface area (Å²) in [5, 5.41) is 5.11. The average Bonchev–Trinajstić information content (AvgIpc) is 2.67. The molecular formula is C19H21N3O6S. The monoisotopic (exact) mass is 419 g/mol. The molecular weight excluding hydrogens is 398 g/mol. The van der Waals surface area contributed by atoms with Gasteiger partial charge in [-0.2, -0.15) is 4.72 Å².